The molecule has 1 aliphatic carbocycles. The lowest BCUT2D eigenvalue weighted by atomic mass is 10.0. The molecule has 2 rings (SSSR count). The summed E-state index contributed by atoms with van der Waals surface area (Å²) in [5.41, 5.74) is 5.31. The van der Waals surface area contributed by atoms with Gasteiger partial charge in [0.15, 0.2) is 0 Å². The molecular weight excluding hydrogens is 276 g/mol. The Morgan fingerprint density at radius 3 is 2.27 bits per heavy atom. The average molecular weight is 302 g/mol. The largest absolute Gasteiger partial charge is 0.380 e. The standard InChI is InChI=1S/C19H26O3/c1-20-14-18-10-8-17(9-11-19(18)15-21-2)13-22-12-16-6-4-3-5-7-16/h3-8H,9-15H2,1-2H3. The summed E-state index contributed by atoms with van der Waals surface area (Å²) in [6, 6.07) is 10.3. The maximum atomic E-state index is 5.86. The van der Waals surface area contributed by atoms with Gasteiger partial charge in [-0.3, -0.25) is 0 Å². The highest BCUT2D eigenvalue weighted by Gasteiger charge is 2.12. The number of rotatable bonds is 8. The summed E-state index contributed by atoms with van der Waals surface area (Å²) in [6.07, 6.45) is 5.31. The normalized spacial score (nSPS) is 15.6. The smallest absolute Gasteiger partial charge is 0.0721 e. The first kappa shape index (κ1) is 16.9. The van der Waals surface area contributed by atoms with Crippen LogP contribution in [0.4, 0.5) is 0 Å². The Kier molecular flexibility index (Phi) is 7.37. The fraction of sp³-hybridized carbons (Fsp3) is 0.474. The van der Waals surface area contributed by atoms with Crippen LogP contribution in [0.2, 0.25) is 0 Å². The third-order valence-corrected chi connectivity index (χ3v) is 3.92. The molecule has 0 unspecified atom stereocenters. The second kappa shape index (κ2) is 9.57. The van der Waals surface area contributed by atoms with Crippen LogP contribution in [-0.4, -0.2) is 34.0 Å². The van der Waals surface area contributed by atoms with Gasteiger partial charge in [0.1, 0.15) is 0 Å². The van der Waals surface area contributed by atoms with Gasteiger partial charge in [0.25, 0.3) is 0 Å². The Labute approximate surface area is 133 Å². The molecule has 0 fully saturated rings. The lowest BCUT2D eigenvalue weighted by molar-refractivity contribution is 0.140. The quantitative estimate of drug-likeness (QED) is 0.682. The highest BCUT2D eigenvalue weighted by Crippen LogP contribution is 2.24. The van der Waals surface area contributed by atoms with Gasteiger partial charge in [-0.1, -0.05) is 36.4 Å². The topological polar surface area (TPSA) is 27.7 Å². The number of ether oxygens (including phenoxy) is 3. The number of hydrogen-bond acceptors (Lipinski definition) is 3. The van der Waals surface area contributed by atoms with Crippen LogP contribution < -0.4 is 0 Å². The molecule has 0 atom stereocenters. The lowest BCUT2D eigenvalue weighted by Gasteiger charge is -2.11. The van der Waals surface area contributed by atoms with Crippen LogP contribution in [0.3, 0.4) is 0 Å². The van der Waals surface area contributed by atoms with Crippen molar-refractivity contribution in [2.45, 2.75) is 25.9 Å². The molecule has 0 spiro atoms. The molecule has 22 heavy (non-hydrogen) atoms. The Morgan fingerprint density at radius 2 is 1.55 bits per heavy atom. The van der Waals surface area contributed by atoms with Crippen molar-refractivity contribution in [1.82, 2.24) is 0 Å². The fourth-order valence-corrected chi connectivity index (χ4v) is 2.69. The van der Waals surface area contributed by atoms with Gasteiger partial charge in [0, 0.05) is 14.2 Å². The van der Waals surface area contributed by atoms with E-state index in [1.165, 1.54) is 22.3 Å². The molecule has 0 N–H and O–H groups in total. The molecule has 1 aliphatic rings. The SMILES string of the molecule is COCC1=C(COC)CCC(COCc2ccccc2)=CC1. The van der Waals surface area contributed by atoms with Gasteiger partial charge < -0.3 is 14.2 Å². The van der Waals surface area contributed by atoms with Crippen molar-refractivity contribution in [2.75, 3.05) is 34.0 Å². The Bertz CT molecular complexity index is 503. The summed E-state index contributed by atoms with van der Waals surface area (Å²) in [5, 5.41) is 0. The van der Waals surface area contributed by atoms with E-state index in [0.29, 0.717) is 26.4 Å². The van der Waals surface area contributed by atoms with E-state index in [0.717, 1.165) is 19.3 Å². The maximum absolute atomic E-state index is 5.86. The van der Waals surface area contributed by atoms with Gasteiger partial charge in [0.2, 0.25) is 0 Å². The molecule has 120 valence electrons. The first-order valence-electron chi connectivity index (χ1n) is 7.80. The summed E-state index contributed by atoms with van der Waals surface area (Å²) < 4.78 is 16.5. The van der Waals surface area contributed by atoms with E-state index >= 15 is 0 Å². The molecular formula is C19H26O3. The first-order chi connectivity index (χ1) is 10.8. The summed E-state index contributed by atoms with van der Waals surface area (Å²) >= 11 is 0. The zero-order chi connectivity index (χ0) is 15.6. The second-order valence-electron chi connectivity index (χ2n) is 5.62. The van der Waals surface area contributed by atoms with Gasteiger partial charge >= 0.3 is 0 Å². The molecule has 1 aromatic rings. The Morgan fingerprint density at radius 1 is 0.818 bits per heavy atom. The molecule has 0 saturated heterocycles. The molecule has 3 heteroatoms. The van der Waals surface area contributed by atoms with E-state index < -0.39 is 0 Å². The lowest BCUT2D eigenvalue weighted by Crippen LogP contribution is -2.03. The minimum Gasteiger partial charge on any atom is -0.380 e. The van der Waals surface area contributed by atoms with Gasteiger partial charge in [-0.2, -0.15) is 0 Å². The van der Waals surface area contributed by atoms with Gasteiger partial charge in [0.05, 0.1) is 26.4 Å². The minimum absolute atomic E-state index is 0.668. The van der Waals surface area contributed by atoms with Crippen molar-refractivity contribution in [1.29, 1.82) is 0 Å². The number of methoxy groups -OCH3 is 2. The first-order valence-corrected chi connectivity index (χ1v) is 7.80. The van der Waals surface area contributed by atoms with Crippen molar-refractivity contribution < 1.29 is 14.2 Å². The number of hydrogen-bond donors (Lipinski definition) is 0. The summed E-state index contributed by atoms with van der Waals surface area (Å²) in [4.78, 5) is 0. The Balaban J connectivity index is 1.84. The average Bonchev–Trinajstić information content (AvgIpc) is 2.73. The molecule has 0 bridgehead atoms. The van der Waals surface area contributed by atoms with Crippen LogP contribution in [0.15, 0.2) is 53.1 Å². The molecule has 0 saturated carbocycles. The van der Waals surface area contributed by atoms with Crippen molar-refractivity contribution in [3.05, 3.63) is 58.7 Å². The zero-order valence-electron chi connectivity index (χ0n) is 13.6. The van der Waals surface area contributed by atoms with E-state index in [9.17, 15) is 0 Å². The minimum atomic E-state index is 0.668. The highest BCUT2D eigenvalue weighted by atomic mass is 16.5. The summed E-state index contributed by atoms with van der Waals surface area (Å²) in [6.45, 7) is 2.76. The van der Waals surface area contributed by atoms with E-state index in [1.54, 1.807) is 14.2 Å². The van der Waals surface area contributed by atoms with E-state index in [1.807, 2.05) is 18.2 Å². The van der Waals surface area contributed by atoms with E-state index in [-0.39, 0.29) is 0 Å². The maximum Gasteiger partial charge on any atom is 0.0721 e. The second-order valence-corrected chi connectivity index (χ2v) is 5.62. The Hall–Kier alpha value is -1.42. The summed E-state index contributed by atoms with van der Waals surface area (Å²) in [7, 11) is 3.50. The van der Waals surface area contributed by atoms with Gasteiger partial charge in [-0.25, -0.2) is 0 Å². The zero-order valence-corrected chi connectivity index (χ0v) is 13.6. The van der Waals surface area contributed by atoms with Crippen LogP contribution in [0.25, 0.3) is 0 Å². The molecule has 0 aliphatic heterocycles. The third kappa shape index (κ3) is 5.41. The van der Waals surface area contributed by atoms with Gasteiger partial charge in [-0.05, 0) is 41.5 Å². The van der Waals surface area contributed by atoms with E-state index in [2.05, 4.69) is 18.2 Å². The highest BCUT2D eigenvalue weighted by molar-refractivity contribution is 5.25. The molecule has 0 amide bonds. The molecule has 1 aromatic carbocycles. The van der Waals surface area contributed by atoms with Crippen LogP contribution in [0, 0.1) is 0 Å². The monoisotopic (exact) mass is 302 g/mol. The van der Waals surface area contributed by atoms with Crippen LogP contribution in [0.5, 0.6) is 0 Å². The van der Waals surface area contributed by atoms with E-state index in [4.69, 9.17) is 14.2 Å². The number of allylic oxidation sites excluding steroid dienone is 1. The van der Waals surface area contributed by atoms with Crippen LogP contribution >= 0.6 is 0 Å². The number of benzene rings is 1. The van der Waals surface area contributed by atoms with Crippen molar-refractivity contribution in [3.8, 4) is 0 Å². The summed E-state index contributed by atoms with van der Waals surface area (Å²) in [5.74, 6) is 0. The fourth-order valence-electron chi connectivity index (χ4n) is 2.69. The van der Waals surface area contributed by atoms with Gasteiger partial charge in [-0.15, -0.1) is 0 Å². The van der Waals surface area contributed by atoms with Crippen molar-refractivity contribution in [2.24, 2.45) is 0 Å². The predicted molar refractivity (Wildman–Crippen MR) is 88.8 cm³/mol. The molecule has 0 heterocycles. The van der Waals surface area contributed by atoms with Crippen molar-refractivity contribution in [3.63, 3.8) is 0 Å². The van der Waals surface area contributed by atoms with Crippen LogP contribution in [0.1, 0.15) is 24.8 Å². The molecule has 3 nitrogen and oxygen atoms in total. The molecule has 0 aromatic heterocycles. The van der Waals surface area contributed by atoms with Crippen LogP contribution in [-0.2, 0) is 20.8 Å². The third-order valence-electron chi connectivity index (χ3n) is 3.92. The van der Waals surface area contributed by atoms with Crippen molar-refractivity contribution >= 4 is 0 Å². The molecule has 0 radical (unpaired) electrons. The predicted octanol–water partition coefficient (Wildman–Crippen LogP) is 3.90.